The highest BCUT2D eigenvalue weighted by molar-refractivity contribution is 5.58. The predicted molar refractivity (Wildman–Crippen MR) is 81.2 cm³/mol. The van der Waals surface area contributed by atoms with Gasteiger partial charge in [-0.2, -0.15) is 5.10 Å². The lowest BCUT2D eigenvalue weighted by Gasteiger charge is -2.35. The summed E-state index contributed by atoms with van der Waals surface area (Å²) in [7, 11) is 0. The largest absolute Gasteiger partial charge is 0.374 e. The molecule has 116 valence electrons. The van der Waals surface area contributed by atoms with Gasteiger partial charge in [0.1, 0.15) is 11.5 Å². The van der Waals surface area contributed by atoms with Gasteiger partial charge in [0.05, 0.1) is 25.1 Å². The number of nitrogens with zero attached hydrogens (tertiary/aromatic N) is 2. The van der Waals surface area contributed by atoms with E-state index in [-0.39, 0.29) is 0 Å². The second-order valence-electron chi connectivity index (χ2n) is 6.07. The van der Waals surface area contributed by atoms with E-state index in [0.717, 1.165) is 36.7 Å². The lowest BCUT2D eigenvalue weighted by atomic mass is 9.75. The number of H-pyrrole nitrogens is 1. The van der Waals surface area contributed by atoms with Crippen LogP contribution in [0.4, 0.5) is 0 Å². The molecule has 0 saturated carbocycles. The molecule has 2 aromatic rings. The van der Waals surface area contributed by atoms with Crippen molar-refractivity contribution in [3.63, 3.8) is 0 Å². The normalized spacial score (nSPS) is 23.8. The van der Waals surface area contributed by atoms with Gasteiger partial charge in [-0.3, -0.25) is 5.10 Å². The molecule has 6 nitrogen and oxygen atoms in total. The molecule has 2 aromatic heterocycles. The molecule has 0 spiro atoms. The van der Waals surface area contributed by atoms with Crippen LogP contribution in [-0.2, 0) is 11.3 Å². The van der Waals surface area contributed by atoms with E-state index >= 15 is 0 Å². The first-order chi connectivity index (χ1) is 10.8. The topological polar surface area (TPSA) is 76.0 Å². The SMILES string of the molecule is Cc1cc(COCC2c3cn[nH]c3C=C3CCNCC32)no1. The maximum atomic E-state index is 5.93. The molecule has 2 unspecified atom stereocenters. The molecule has 4 rings (SSSR count). The fourth-order valence-electron chi connectivity index (χ4n) is 3.49. The van der Waals surface area contributed by atoms with Crippen LogP contribution >= 0.6 is 0 Å². The van der Waals surface area contributed by atoms with Gasteiger partial charge >= 0.3 is 0 Å². The van der Waals surface area contributed by atoms with Crippen LogP contribution < -0.4 is 5.32 Å². The molecule has 1 saturated heterocycles. The van der Waals surface area contributed by atoms with Crippen molar-refractivity contribution in [3.05, 3.63) is 40.5 Å². The third-order valence-electron chi connectivity index (χ3n) is 4.57. The minimum atomic E-state index is 0.342. The summed E-state index contributed by atoms with van der Waals surface area (Å²) in [5, 5.41) is 14.8. The lowest BCUT2D eigenvalue weighted by Crippen LogP contribution is -2.38. The van der Waals surface area contributed by atoms with E-state index in [1.165, 1.54) is 11.1 Å². The van der Waals surface area contributed by atoms with Gasteiger partial charge in [0.2, 0.25) is 0 Å². The number of nitrogens with one attached hydrogen (secondary N) is 2. The third kappa shape index (κ3) is 2.48. The number of ether oxygens (including phenoxy) is 1. The van der Waals surface area contributed by atoms with E-state index in [4.69, 9.17) is 9.26 Å². The summed E-state index contributed by atoms with van der Waals surface area (Å²) in [6.07, 6.45) is 5.30. The Morgan fingerprint density at radius 3 is 3.27 bits per heavy atom. The highest BCUT2D eigenvalue weighted by Gasteiger charge is 2.34. The molecular weight excluding hydrogens is 280 g/mol. The maximum Gasteiger partial charge on any atom is 0.134 e. The summed E-state index contributed by atoms with van der Waals surface area (Å²) in [5.41, 5.74) is 4.74. The van der Waals surface area contributed by atoms with Crippen molar-refractivity contribution < 1.29 is 9.26 Å². The molecule has 3 heterocycles. The number of rotatable bonds is 4. The molecule has 22 heavy (non-hydrogen) atoms. The van der Waals surface area contributed by atoms with Crippen LogP contribution in [0.25, 0.3) is 6.08 Å². The molecule has 0 radical (unpaired) electrons. The summed E-state index contributed by atoms with van der Waals surface area (Å²) in [5.74, 6) is 1.66. The van der Waals surface area contributed by atoms with Gasteiger partial charge in [-0.15, -0.1) is 0 Å². The van der Waals surface area contributed by atoms with Crippen LogP contribution in [0.5, 0.6) is 0 Å². The van der Waals surface area contributed by atoms with Crippen LogP contribution in [0.15, 0.2) is 22.4 Å². The summed E-state index contributed by atoms with van der Waals surface area (Å²) in [4.78, 5) is 0. The Morgan fingerprint density at radius 2 is 2.41 bits per heavy atom. The zero-order valence-electron chi connectivity index (χ0n) is 12.6. The van der Waals surface area contributed by atoms with Crippen LogP contribution in [0, 0.1) is 12.8 Å². The van der Waals surface area contributed by atoms with Crippen LogP contribution in [-0.4, -0.2) is 35.1 Å². The highest BCUT2D eigenvalue weighted by Crippen LogP contribution is 2.40. The summed E-state index contributed by atoms with van der Waals surface area (Å²) in [6, 6.07) is 1.91. The van der Waals surface area contributed by atoms with Gasteiger partial charge < -0.3 is 14.6 Å². The molecule has 2 atom stereocenters. The first-order valence-electron chi connectivity index (χ1n) is 7.75. The summed E-state index contributed by atoms with van der Waals surface area (Å²) >= 11 is 0. The zero-order chi connectivity index (χ0) is 14.9. The summed E-state index contributed by atoms with van der Waals surface area (Å²) < 4.78 is 11.0. The number of hydrogen-bond donors (Lipinski definition) is 2. The Balaban J connectivity index is 1.48. The number of fused-ring (bicyclic) bond motifs is 2. The summed E-state index contributed by atoms with van der Waals surface area (Å²) in [6.45, 7) is 5.10. The minimum Gasteiger partial charge on any atom is -0.374 e. The first-order valence-corrected chi connectivity index (χ1v) is 7.75. The molecule has 2 N–H and O–H groups in total. The number of aromatic nitrogens is 3. The molecule has 1 fully saturated rings. The van der Waals surface area contributed by atoms with Gasteiger partial charge in [-0.25, -0.2) is 0 Å². The monoisotopic (exact) mass is 300 g/mol. The van der Waals surface area contributed by atoms with Gasteiger partial charge in [0.15, 0.2) is 0 Å². The van der Waals surface area contributed by atoms with Crippen molar-refractivity contribution in [3.8, 4) is 0 Å². The van der Waals surface area contributed by atoms with Crippen LogP contribution in [0.1, 0.15) is 35.1 Å². The Morgan fingerprint density at radius 1 is 1.45 bits per heavy atom. The van der Waals surface area contributed by atoms with E-state index in [2.05, 4.69) is 26.7 Å². The van der Waals surface area contributed by atoms with Gasteiger partial charge in [0.25, 0.3) is 0 Å². The molecule has 0 amide bonds. The molecule has 0 aromatic carbocycles. The van der Waals surface area contributed by atoms with Crippen LogP contribution in [0.2, 0.25) is 0 Å². The van der Waals surface area contributed by atoms with Crippen molar-refractivity contribution in [2.24, 2.45) is 5.92 Å². The molecule has 2 aliphatic rings. The predicted octanol–water partition coefficient (Wildman–Crippen LogP) is 2.01. The number of hydrogen-bond acceptors (Lipinski definition) is 5. The highest BCUT2D eigenvalue weighted by atomic mass is 16.5. The second kappa shape index (κ2) is 5.70. The second-order valence-corrected chi connectivity index (χ2v) is 6.07. The quantitative estimate of drug-likeness (QED) is 0.903. The average Bonchev–Trinajstić information content (AvgIpc) is 3.15. The molecule has 1 aliphatic carbocycles. The molecule has 0 bridgehead atoms. The van der Waals surface area contributed by atoms with Crippen molar-refractivity contribution >= 4 is 6.08 Å². The standard InChI is InChI=1S/C16H20N4O2/c1-10-4-12(20-22-10)8-21-9-15-13-6-17-3-2-11(13)5-16-14(15)7-18-19-16/h4-5,7,13,15,17H,2-3,6,8-9H2,1H3,(H,18,19). The molecular formula is C16H20N4O2. The first kappa shape index (κ1) is 13.7. The Bertz CT molecular complexity index is 688. The maximum absolute atomic E-state index is 5.93. The van der Waals surface area contributed by atoms with Gasteiger partial charge in [-0.05, 0) is 26.0 Å². The molecule has 1 aliphatic heterocycles. The minimum absolute atomic E-state index is 0.342. The number of aromatic amines is 1. The van der Waals surface area contributed by atoms with Crippen LogP contribution in [0.3, 0.4) is 0 Å². The van der Waals surface area contributed by atoms with Gasteiger partial charge in [-0.1, -0.05) is 10.7 Å². The average molecular weight is 300 g/mol. The van der Waals surface area contributed by atoms with Crippen molar-refractivity contribution in [2.45, 2.75) is 25.9 Å². The van der Waals surface area contributed by atoms with Gasteiger partial charge in [0, 0.05) is 30.0 Å². The lowest BCUT2D eigenvalue weighted by molar-refractivity contribution is 0.0893. The Kier molecular flexibility index (Phi) is 3.56. The van der Waals surface area contributed by atoms with E-state index in [1.807, 2.05) is 19.2 Å². The number of piperidine rings is 1. The van der Waals surface area contributed by atoms with E-state index in [0.29, 0.717) is 25.0 Å². The van der Waals surface area contributed by atoms with Crippen molar-refractivity contribution in [2.75, 3.05) is 19.7 Å². The van der Waals surface area contributed by atoms with Crippen molar-refractivity contribution in [1.29, 1.82) is 0 Å². The Labute approximate surface area is 128 Å². The fraction of sp³-hybridized carbons (Fsp3) is 0.500. The smallest absolute Gasteiger partial charge is 0.134 e. The van der Waals surface area contributed by atoms with E-state index < -0.39 is 0 Å². The third-order valence-corrected chi connectivity index (χ3v) is 4.57. The van der Waals surface area contributed by atoms with Crippen molar-refractivity contribution in [1.82, 2.24) is 20.7 Å². The van der Waals surface area contributed by atoms with E-state index in [1.54, 1.807) is 0 Å². The fourth-order valence-corrected chi connectivity index (χ4v) is 3.49. The van der Waals surface area contributed by atoms with E-state index in [9.17, 15) is 0 Å². The number of aryl methyl sites for hydroxylation is 1. The molecule has 6 heteroatoms. The Hall–Kier alpha value is -1.92. The zero-order valence-corrected chi connectivity index (χ0v) is 12.6.